The molecule has 0 radical (unpaired) electrons. The van der Waals surface area contributed by atoms with Crippen molar-refractivity contribution < 1.29 is 4.74 Å². The molecule has 0 aliphatic rings. The third-order valence-electron chi connectivity index (χ3n) is 1.38. The molecule has 1 aromatic heterocycles. The van der Waals surface area contributed by atoms with Crippen molar-refractivity contribution in [3.05, 3.63) is 18.3 Å². The summed E-state index contributed by atoms with van der Waals surface area (Å²) >= 11 is 0. The minimum atomic E-state index is 0.675. The van der Waals surface area contributed by atoms with Crippen LogP contribution in [0.1, 0.15) is 0 Å². The number of nitrogens with zero attached hydrogens (tertiary/aromatic N) is 3. The molecule has 1 rings (SSSR count). The minimum absolute atomic E-state index is 0.675. The van der Waals surface area contributed by atoms with Crippen LogP contribution in [0.3, 0.4) is 0 Å². The first-order valence-electron chi connectivity index (χ1n) is 3.93. The molecule has 0 amide bonds. The number of hydrogen-bond donors (Lipinski definition) is 0. The molecular formula is C9H13N3O. The zero-order valence-corrected chi connectivity index (χ0v) is 8.06. The Labute approximate surface area is 77.9 Å². The van der Waals surface area contributed by atoms with E-state index in [1.165, 1.54) is 0 Å². The zero-order valence-electron chi connectivity index (χ0n) is 8.06. The van der Waals surface area contributed by atoms with Crippen LogP contribution in [0.15, 0.2) is 23.3 Å². The Hall–Kier alpha value is -1.58. The monoisotopic (exact) mass is 179 g/mol. The van der Waals surface area contributed by atoms with Crippen molar-refractivity contribution in [3.63, 3.8) is 0 Å². The molecule has 0 bridgehead atoms. The lowest BCUT2D eigenvalue weighted by Gasteiger charge is -2.02. The molecule has 0 aliphatic heterocycles. The number of aromatic nitrogens is 1. The van der Waals surface area contributed by atoms with Gasteiger partial charge in [0.15, 0.2) is 5.82 Å². The van der Waals surface area contributed by atoms with Crippen LogP contribution >= 0.6 is 0 Å². The molecule has 0 saturated heterocycles. The summed E-state index contributed by atoms with van der Waals surface area (Å²) in [6.07, 6.45) is 3.34. The van der Waals surface area contributed by atoms with Gasteiger partial charge in [0.2, 0.25) is 0 Å². The van der Waals surface area contributed by atoms with E-state index in [1.807, 2.05) is 25.1 Å². The maximum Gasteiger partial charge on any atom is 0.153 e. The first-order chi connectivity index (χ1) is 6.22. The highest BCUT2D eigenvalue weighted by Crippen LogP contribution is 2.12. The molecule has 0 aromatic carbocycles. The smallest absolute Gasteiger partial charge is 0.153 e. The van der Waals surface area contributed by atoms with Crippen LogP contribution in [-0.2, 0) is 0 Å². The van der Waals surface area contributed by atoms with E-state index < -0.39 is 0 Å². The van der Waals surface area contributed by atoms with Crippen LogP contribution in [0.25, 0.3) is 0 Å². The maximum atomic E-state index is 4.97. The Morgan fingerprint density at radius 3 is 2.69 bits per heavy atom. The van der Waals surface area contributed by atoms with E-state index in [9.17, 15) is 0 Å². The Bertz CT molecular complexity index is 279. The number of hydrogen-bond acceptors (Lipinski definition) is 3. The van der Waals surface area contributed by atoms with Crippen molar-refractivity contribution in [3.8, 4) is 5.75 Å². The van der Waals surface area contributed by atoms with Crippen LogP contribution in [-0.4, -0.2) is 37.4 Å². The molecule has 0 spiro atoms. The molecule has 1 aromatic rings. The molecular weight excluding hydrogens is 166 g/mol. The second kappa shape index (κ2) is 4.45. The van der Waals surface area contributed by atoms with Crippen molar-refractivity contribution >= 4 is 12.2 Å². The summed E-state index contributed by atoms with van der Waals surface area (Å²) in [5, 5.41) is 0. The van der Waals surface area contributed by atoms with Crippen molar-refractivity contribution in [2.75, 3.05) is 21.2 Å². The Morgan fingerprint density at radius 1 is 1.46 bits per heavy atom. The molecule has 4 nitrogen and oxygen atoms in total. The van der Waals surface area contributed by atoms with Gasteiger partial charge in [0.1, 0.15) is 5.75 Å². The van der Waals surface area contributed by atoms with Gasteiger partial charge in [-0.2, -0.15) is 0 Å². The van der Waals surface area contributed by atoms with Crippen molar-refractivity contribution in [1.29, 1.82) is 0 Å². The van der Waals surface area contributed by atoms with E-state index in [-0.39, 0.29) is 0 Å². The van der Waals surface area contributed by atoms with Gasteiger partial charge >= 0.3 is 0 Å². The molecule has 0 atom stereocenters. The molecule has 0 N–H and O–H groups in total. The van der Waals surface area contributed by atoms with Gasteiger partial charge in [0.05, 0.1) is 19.6 Å². The number of rotatable bonds is 3. The summed E-state index contributed by atoms with van der Waals surface area (Å²) in [4.78, 5) is 10.0. The van der Waals surface area contributed by atoms with E-state index in [0.29, 0.717) is 5.82 Å². The third kappa shape index (κ3) is 3.11. The normalized spacial score (nSPS) is 10.4. The predicted octanol–water partition coefficient (Wildman–Crippen LogP) is 1.31. The lowest BCUT2D eigenvalue weighted by molar-refractivity contribution is 0.413. The van der Waals surface area contributed by atoms with Crippen LogP contribution in [0.2, 0.25) is 0 Å². The van der Waals surface area contributed by atoms with Crippen molar-refractivity contribution in [2.24, 2.45) is 4.99 Å². The highest BCUT2D eigenvalue weighted by atomic mass is 16.5. The van der Waals surface area contributed by atoms with Crippen molar-refractivity contribution in [2.45, 2.75) is 0 Å². The van der Waals surface area contributed by atoms with Crippen LogP contribution in [0, 0.1) is 0 Å². The number of methoxy groups -OCH3 is 1. The van der Waals surface area contributed by atoms with Gasteiger partial charge < -0.3 is 9.64 Å². The fourth-order valence-corrected chi connectivity index (χ4v) is 0.744. The summed E-state index contributed by atoms with van der Waals surface area (Å²) in [6.45, 7) is 0. The summed E-state index contributed by atoms with van der Waals surface area (Å²) < 4.78 is 4.97. The first kappa shape index (κ1) is 9.51. The Morgan fingerprint density at radius 2 is 2.23 bits per heavy atom. The molecule has 13 heavy (non-hydrogen) atoms. The summed E-state index contributed by atoms with van der Waals surface area (Å²) in [5.41, 5.74) is 0. The van der Waals surface area contributed by atoms with Crippen LogP contribution in [0.5, 0.6) is 5.75 Å². The summed E-state index contributed by atoms with van der Waals surface area (Å²) in [6, 6.07) is 3.63. The third-order valence-corrected chi connectivity index (χ3v) is 1.38. The van der Waals surface area contributed by atoms with E-state index in [4.69, 9.17) is 4.74 Å². The number of ether oxygens (including phenoxy) is 1. The standard InChI is InChI=1S/C9H13N3O/c1-12(2)7-11-9-5-4-8(13-3)6-10-9/h4-7H,1-3H3. The fraction of sp³-hybridized carbons (Fsp3) is 0.333. The second-order valence-corrected chi connectivity index (χ2v) is 2.76. The van der Waals surface area contributed by atoms with Gasteiger partial charge in [0.25, 0.3) is 0 Å². The predicted molar refractivity (Wildman–Crippen MR) is 52.6 cm³/mol. The molecule has 0 unspecified atom stereocenters. The van der Waals surface area contributed by atoms with E-state index in [1.54, 1.807) is 25.7 Å². The second-order valence-electron chi connectivity index (χ2n) is 2.76. The Balaban J connectivity index is 2.69. The van der Waals surface area contributed by atoms with Gasteiger partial charge in [-0.15, -0.1) is 0 Å². The molecule has 4 heteroatoms. The van der Waals surface area contributed by atoms with Crippen LogP contribution < -0.4 is 4.74 Å². The highest BCUT2D eigenvalue weighted by Gasteiger charge is 1.91. The maximum absolute atomic E-state index is 4.97. The lowest BCUT2D eigenvalue weighted by atomic mass is 10.4. The SMILES string of the molecule is COc1ccc(N=CN(C)C)nc1. The van der Waals surface area contributed by atoms with E-state index in [0.717, 1.165) is 5.75 Å². The first-order valence-corrected chi connectivity index (χ1v) is 3.93. The molecule has 0 saturated carbocycles. The zero-order chi connectivity index (χ0) is 9.68. The quantitative estimate of drug-likeness (QED) is 0.518. The lowest BCUT2D eigenvalue weighted by Crippen LogP contribution is -2.07. The minimum Gasteiger partial charge on any atom is -0.495 e. The molecule has 0 aliphatic carbocycles. The largest absolute Gasteiger partial charge is 0.495 e. The molecule has 70 valence electrons. The van der Waals surface area contributed by atoms with Gasteiger partial charge in [0, 0.05) is 14.1 Å². The van der Waals surface area contributed by atoms with Crippen molar-refractivity contribution in [1.82, 2.24) is 9.88 Å². The summed E-state index contributed by atoms with van der Waals surface area (Å²) in [5.74, 6) is 1.42. The molecule has 1 heterocycles. The average molecular weight is 179 g/mol. The summed E-state index contributed by atoms with van der Waals surface area (Å²) in [7, 11) is 5.43. The van der Waals surface area contributed by atoms with E-state index >= 15 is 0 Å². The van der Waals surface area contributed by atoms with Crippen LogP contribution in [0.4, 0.5) is 5.82 Å². The number of pyridine rings is 1. The van der Waals surface area contributed by atoms with Gasteiger partial charge in [-0.1, -0.05) is 0 Å². The molecule has 0 fully saturated rings. The number of aliphatic imine (C=N–C) groups is 1. The van der Waals surface area contributed by atoms with Gasteiger partial charge in [-0.05, 0) is 12.1 Å². The highest BCUT2D eigenvalue weighted by molar-refractivity contribution is 5.58. The van der Waals surface area contributed by atoms with Gasteiger partial charge in [-0.25, -0.2) is 9.98 Å². The topological polar surface area (TPSA) is 37.7 Å². The van der Waals surface area contributed by atoms with Gasteiger partial charge in [-0.3, -0.25) is 0 Å². The fourth-order valence-electron chi connectivity index (χ4n) is 0.744. The average Bonchev–Trinajstić information content (AvgIpc) is 2.15. The Kier molecular flexibility index (Phi) is 3.25. The van der Waals surface area contributed by atoms with E-state index in [2.05, 4.69) is 9.98 Å².